The van der Waals surface area contributed by atoms with Crippen LogP contribution in [0.2, 0.25) is 0 Å². The summed E-state index contributed by atoms with van der Waals surface area (Å²) < 4.78 is 0. The second-order valence-corrected chi connectivity index (χ2v) is 1.34. The zero-order valence-electron chi connectivity index (χ0n) is 3.35. The van der Waals surface area contributed by atoms with Gasteiger partial charge in [0.1, 0.15) is 0 Å². The van der Waals surface area contributed by atoms with Gasteiger partial charge in [-0.25, -0.2) is 5.84 Å². The molecule has 0 spiro atoms. The molecule has 1 aliphatic rings. The quantitative estimate of drug-likeness (QED) is 0.236. The summed E-state index contributed by atoms with van der Waals surface area (Å²) in [5.74, 6) is 5.06. The van der Waals surface area contributed by atoms with Crippen LogP contribution >= 0.6 is 0 Å². The van der Waals surface area contributed by atoms with Crippen molar-refractivity contribution in [3.63, 3.8) is 0 Å². The fourth-order valence-electron chi connectivity index (χ4n) is 0.332. The molecule has 1 aliphatic heterocycles. The minimum absolute atomic E-state index is 0.0509. The third kappa shape index (κ3) is 0.285. The van der Waals surface area contributed by atoms with Gasteiger partial charge in [-0.2, -0.15) is 0 Å². The topological polar surface area (TPSA) is 46.3 Å². The fourth-order valence-corrected chi connectivity index (χ4v) is 0.332. The van der Waals surface area contributed by atoms with E-state index in [2.05, 4.69) is 0 Å². The minimum atomic E-state index is 0.0509. The van der Waals surface area contributed by atoms with Crippen LogP contribution < -0.4 is 5.84 Å². The third-order valence-corrected chi connectivity index (χ3v) is 0.887. The largest absolute Gasteiger partial charge is 0.280 e. The van der Waals surface area contributed by atoms with Crippen molar-refractivity contribution < 1.29 is 4.79 Å². The Morgan fingerprint density at radius 1 is 1.83 bits per heavy atom. The molecule has 3 heteroatoms. The van der Waals surface area contributed by atoms with Crippen molar-refractivity contribution in [1.82, 2.24) is 5.01 Å². The summed E-state index contributed by atoms with van der Waals surface area (Å²) in [6, 6.07) is 0. The second kappa shape index (κ2) is 0.944. The maximum absolute atomic E-state index is 10.0. The van der Waals surface area contributed by atoms with Gasteiger partial charge in [0.05, 0.1) is 0 Å². The highest BCUT2D eigenvalue weighted by atomic mass is 16.2. The van der Waals surface area contributed by atoms with E-state index in [0.717, 1.165) is 6.54 Å². The first kappa shape index (κ1) is 3.61. The lowest BCUT2D eigenvalue weighted by molar-refractivity contribution is -0.140. The van der Waals surface area contributed by atoms with Gasteiger partial charge in [-0.1, -0.05) is 0 Å². The molecule has 1 saturated heterocycles. The van der Waals surface area contributed by atoms with E-state index in [9.17, 15) is 4.79 Å². The highest BCUT2D eigenvalue weighted by Gasteiger charge is 2.18. The van der Waals surface area contributed by atoms with Crippen molar-refractivity contribution in [2.75, 3.05) is 6.54 Å². The lowest BCUT2D eigenvalue weighted by Crippen LogP contribution is -2.48. The average Bonchev–Trinajstić information content (AvgIpc) is 1.61. The lowest BCUT2D eigenvalue weighted by Gasteiger charge is -2.24. The third-order valence-electron chi connectivity index (χ3n) is 0.887. The summed E-state index contributed by atoms with van der Waals surface area (Å²) in [6.45, 7) is 0.735. The highest BCUT2D eigenvalue weighted by Crippen LogP contribution is 1.98. The van der Waals surface area contributed by atoms with E-state index >= 15 is 0 Å². The molecule has 0 aromatic heterocycles. The maximum Gasteiger partial charge on any atom is 0.238 e. The Hall–Kier alpha value is -0.570. The molecule has 0 aromatic rings. The Bertz CT molecular complexity index is 80.9. The maximum atomic E-state index is 10.0. The van der Waals surface area contributed by atoms with Crippen molar-refractivity contribution in [1.29, 1.82) is 0 Å². The number of hydrogen-bond donors (Lipinski definition) is 1. The van der Waals surface area contributed by atoms with E-state index in [1.807, 2.05) is 0 Å². The summed E-state index contributed by atoms with van der Waals surface area (Å²) in [4.78, 5) is 10.0. The van der Waals surface area contributed by atoms with Crippen LogP contribution in [0.25, 0.3) is 0 Å². The van der Waals surface area contributed by atoms with Gasteiger partial charge >= 0.3 is 0 Å². The molecule has 0 aromatic carbocycles. The summed E-state index contributed by atoms with van der Waals surface area (Å²) in [6.07, 6.45) is 0.635. The van der Waals surface area contributed by atoms with Crippen LogP contribution in [0.1, 0.15) is 6.42 Å². The molecule has 3 nitrogen and oxygen atoms in total. The molecule has 34 valence electrons. The number of rotatable bonds is 0. The van der Waals surface area contributed by atoms with Crippen molar-refractivity contribution in [3.05, 3.63) is 0 Å². The number of amides is 1. The van der Waals surface area contributed by atoms with Gasteiger partial charge in [0.15, 0.2) is 0 Å². The van der Waals surface area contributed by atoms with E-state index < -0.39 is 0 Å². The Labute approximate surface area is 35.7 Å². The minimum Gasteiger partial charge on any atom is -0.280 e. The van der Waals surface area contributed by atoms with E-state index in [-0.39, 0.29) is 5.91 Å². The first-order chi connectivity index (χ1) is 2.80. The van der Waals surface area contributed by atoms with Crippen molar-refractivity contribution in [2.45, 2.75) is 6.42 Å². The average molecular weight is 86.1 g/mol. The molecule has 1 fully saturated rings. The van der Waals surface area contributed by atoms with E-state index in [0.29, 0.717) is 6.42 Å². The zero-order valence-corrected chi connectivity index (χ0v) is 3.35. The molecule has 2 N–H and O–H groups in total. The predicted molar refractivity (Wildman–Crippen MR) is 20.5 cm³/mol. The van der Waals surface area contributed by atoms with Crippen LogP contribution in [0.15, 0.2) is 0 Å². The molecule has 6 heavy (non-hydrogen) atoms. The number of β-lactam (4-membered cyclic amide) rings is 1. The summed E-state index contributed by atoms with van der Waals surface area (Å²) >= 11 is 0. The highest BCUT2D eigenvalue weighted by molar-refractivity contribution is 5.80. The monoisotopic (exact) mass is 86.0 g/mol. The summed E-state index contributed by atoms with van der Waals surface area (Å²) in [5, 5.41) is 1.21. The van der Waals surface area contributed by atoms with Crippen LogP contribution in [0.4, 0.5) is 0 Å². The molecule has 0 saturated carbocycles. The molecule has 0 radical (unpaired) electrons. The van der Waals surface area contributed by atoms with Crippen LogP contribution in [-0.2, 0) is 4.79 Å². The molecule has 0 atom stereocenters. The first-order valence-corrected chi connectivity index (χ1v) is 1.86. The van der Waals surface area contributed by atoms with Gasteiger partial charge in [0.25, 0.3) is 0 Å². The zero-order chi connectivity index (χ0) is 4.57. The first-order valence-electron chi connectivity index (χ1n) is 1.86. The number of carbonyl (C=O) groups excluding carboxylic acids is 1. The van der Waals surface area contributed by atoms with Crippen LogP contribution in [0.3, 0.4) is 0 Å². The molecule has 1 heterocycles. The Kier molecular flexibility index (Phi) is 0.569. The molecule has 0 bridgehead atoms. The summed E-state index contributed by atoms with van der Waals surface area (Å²) in [5.41, 5.74) is 0. The van der Waals surface area contributed by atoms with Gasteiger partial charge in [-0.05, 0) is 0 Å². The van der Waals surface area contributed by atoms with E-state index in [1.54, 1.807) is 0 Å². The molecule has 0 unspecified atom stereocenters. The Balaban J connectivity index is 2.39. The number of carbonyl (C=O) groups is 1. The number of hydrazine groups is 1. The van der Waals surface area contributed by atoms with Crippen molar-refractivity contribution in [2.24, 2.45) is 5.84 Å². The molecule has 0 aliphatic carbocycles. The Morgan fingerprint density at radius 3 is 2.33 bits per heavy atom. The van der Waals surface area contributed by atoms with Gasteiger partial charge in [-0.3, -0.25) is 9.80 Å². The van der Waals surface area contributed by atoms with Crippen molar-refractivity contribution in [3.8, 4) is 0 Å². The molecule has 1 rings (SSSR count). The van der Waals surface area contributed by atoms with Crippen molar-refractivity contribution >= 4 is 5.91 Å². The van der Waals surface area contributed by atoms with Gasteiger partial charge < -0.3 is 0 Å². The van der Waals surface area contributed by atoms with Gasteiger partial charge in [-0.15, -0.1) is 0 Å². The molecular formula is C3H6N2O. The molecule has 1 amide bonds. The van der Waals surface area contributed by atoms with Crippen LogP contribution in [-0.4, -0.2) is 17.5 Å². The second-order valence-electron chi connectivity index (χ2n) is 1.34. The van der Waals surface area contributed by atoms with Gasteiger partial charge in [0, 0.05) is 13.0 Å². The lowest BCUT2D eigenvalue weighted by atomic mass is 10.3. The van der Waals surface area contributed by atoms with E-state index in [1.165, 1.54) is 5.01 Å². The standard InChI is InChI=1S/C3H6N2O/c4-5-2-1-3(5)6/h1-2,4H2. The molecular weight excluding hydrogens is 80.0 g/mol. The SMILES string of the molecule is NN1CCC1=O. The number of nitrogens with zero attached hydrogens (tertiary/aromatic N) is 1. The number of hydrogen-bond acceptors (Lipinski definition) is 2. The summed E-state index contributed by atoms with van der Waals surface area (Å²) in [7, 11) is 0. The fraction of sp³-hybridized carbons (Fsp3) is 0.667. The normalized spacial score (nSPS) is 20.8. The van der Waals surface area contributed by atoms with E-state index in [4.69, 9.17) is 5.84 Å². The Morgan fingerprint density at radius 2 is 2.33 bits per heavy atom. The van der Waals surface area contributed by atoms with Crippen LogP contribution in [0.5, 0.6) is 0 Å². The van der Waals surface area contributed by atoms with Crippen LogP contribution in [0, 0.1) is 0 Å². The predicted octanol–water partition coefficient (Wildman–Crippen LogP) is -0.908. The number of nitrogens with two attached hydrogens (primary N) is 1. The smallest absolute Gasteiger partial charge is 0.238 e. The van der Waals surface area contributed by atoms with Gasteiger partial charge in [0.2, 0.25) is 5.91 Å².